The molecule has 1 N–H and O–H groups in total. The molecule has 2 fully saturated rings. The molecule has 1 heterocycles. The Kier molecular flexibility index (Phi) is 2.88. The average Bonchev–Trinajstić information content (AvgIpc) is 3.08. The lowest BCUT2D eigenvalue weighted by Gasteiger charge is -2.33. The fourth-order valence-electron chi connectivity index (χ4n) is 2.95. The number of anilines is 1. The molecule has 100 valence electrons. The van der Waals surface area contributed by atoms with Gasteiger partial charge in [0.25, 0.3) is 0 Å². The van der Waals surface area contributed by atoms with Crippen LogP contribution >= 0.6 is 0 Å². The van der Waals surface area contributed by atoms with Gasteiger partial charge in [0.15, 0.2) is 5.78 Å². The smallest absolute Gasteiger partial charge is 0.230 e. The van der Waals surface area contributed by atoms with Gasteiger partial charge >= 0.3 is 0 Å². The number of nitrogens with zero attached hydrogens (tertiary/aromatic N) is 1. The number of Topliss-reactive ketones (excluding diaryl/α,β-unsaturated/α-hetero) is 1. The SMILES string of the molecule is CC(=O)c1cnccc1NC(=O)C1(C2CCC2)CC1. The zero-order valence-electron chi connectivity index (χ0n) is 11.1. The van der Waals surface area contributed by atoms with Gasteiger partial charge in [-0.15, -0.1) is 0 Å². The summed E-state index contributed by atoms with van der Waals surface area (Å²) in [6, 6.07) is 1.70. The molecule has 1 aromatic rings. The Morgan fingerprint density at radius 1 is 1.37 bits per heavy atom. The van der Waals surface area contributed by atoms with Crippen LogP contribution in [0, 0.1) is 11.3 Å². The van der Waals surface area contributed by atoms with Crippen LogP contribution in [0.5, 0.6) is 0 Å². The lowest BCUT2D eigenvalue weighted by molar-refractivity contribution is -0.124. The van der Waals surface area contributed by atoms with Crippen LogP contribution in [0.3, 0.4) is 0 Å². The van der Waals surface area contributed by atoms with E-state index < -0.39 is 0 Å². The van der Waals surface area contributed by atoms with Gasteiger partial charge in [0.1, 0.15) is 0 Å². The maximum atomic E-state index is 12.5. The fourth-order valence-corrected chi connectivity index (χ4v) is 2.95. The minimum Gasteiger partial charge on any atom is -0.325 e. The van der Waals surface area contributed by atoms with Gasteiger partial charge in [-0.2, -0.15) is 0 Å². The summed E-state index contributed by atoms with van der Waals surface area (Å²) in [6.45, 7) is 1.49. The highest BCUT2D eigenvalue weighted by Gasteiger charge is 2.56. The molecule has 1 amide bonds. The highest BCUT2D eigenvalue weighted by molar-refractivity contribution is 6.05. The molecule has 0 aliphatic heterocycles. The lowest BCUT2D eigenvalue weighted by atomic mass is 9.73. The molecule has 0 aromatic carbocycles. The molecule has 0 radical (unpaired) electrons. The van der Waals surface area contributed by atoms with E-state index >= 15 is 0 Å². The molecule has 0 atom stereocenters. The Balaban J connectivity index is 1.78. The van der Waals surface area contributed by atoms with Crippen LogP contribution < -0.4 is 5.32 Å². The van der Waals surface area contributed by atoms with Crippen LogP contribution in [-0.4, -0.2) is 16.7 Å². The second-order valence-corrected chi connectivity index (χ2v) is 5.72. The molecule has 0 bridgehead atoms. The van der Waals surface area contributed by atoms with Crippen molar-refractivity contribution in [1.29, 1.82) is 0 Å². The number of hydrogen-bond donors (Lipinski definition) is 1. The molecule has 19 heavy (non-hydrogen) atoms. The van der Waals surface area contributed by atoms with Crippen LogP contribution in [0.4, 0.5) is 5.69 Å². The number of ketones is 1. The summed E-state index contributed by atoms with van der Waals surface area (Å²) in [5, 5.41) is 2.94. The zero-order valence-corrected chi connectivity index (χ0v) is 11.1. The summed E-state index contributed by atoms with van der Waals surface area (Å²) in [5.41, 5.74) is 0.939. The third kappa shape index (κ3) is 2.05. The average molecular weight is 258 g/mol. The topological polar surface area (TPSA) is 59.1 Å². The molecule has 4 heteroatoms. The van der Waals surface area contributed by atoms with E-state index in [1.165, 1.54) is 32.4 Å². The van der Waals surface area contributed by atoms with Crippen LogP contribution in [0.15, 0.2) is 18.5 Å². The molecule has 2 aliphatic carbocycles. The van der Waals surface area contributed by atoms with E-state index in [4.69, 9.17) is 0 Å². The van der Waals surface area contributed by atoms with Gasteiger partial charge in [-0.1, -0.05) is 6.42 Å². The Bertz CT molecular complexity index is 531. The number of aromatic nitrogens is 1. The van der Waals surface area contributed by atoms with Gasteiger partial charge in [0.05, 0.1) is 16.7 Å². The van der Waals surface area contributed by atoms with Crippen molar-refractivity contribution in [2.24, 2.45) is 11.3 Å². The van der Waals surface area contributed by atoms with E-state index in [0.717, 1.165) is 12.8 Å². The molecule has 0 spiro atoms. The number of carbonyl (C=O) groups excluding carboxylic acids is 2. The normalized spacial score (nSPS) is 20.5. The van der Waals surface area contributed by atoms with Crippen molar-refractivity contribution in [2.45, 2.75) is 39.0 Å². The van der Waals surface area contributed by atoms with E-state index in [-0.39, 0.29) is 17.1 Å². The van der Waals surface area contributed by atoms with Crippen molar-refractivity contribution < 1.29 is 9.59 Å². The Hall–Kier alpha value is -1.71. The Labute approximate surface area is 112 Å². The summed E-state index contributed by atoms with van der Waals surface area (Å²) < 4.78 is 0. The monoisotopic (exact) mass is 258 g/mol. The summed E-state index contributed by atoms with van der Waals surface area (Å²) in [6.07, 6.45) is 8.68. The maximum Gasteiger partial charge on any atom is 0.230 e. The second kappa shape index (κ2) is 4.44. The third-order valence-corrected chi connectivity index (χ3v) is 4.58. The van der Waals surface area contributed by atoms with Gasteiger partial charge < -0.3 is 5.32 Å². The largest absolute Gasteiger partial charge is 0.325 e. The molecule has 2 saturated carbocycles. The van der Waals surface area contributed by atoms with Gasteiger partial charge in [-0.25, -0.2) is 0 Å². The zero-order chi connectivity index (χ0) is 13.5. The predicted octanol–water partition coefficient (Wildman–Crippen LogP) is 2.80. The Morgan fingerprint density at radius 3 is 2.63 bits per heavy atom. The van der Waals surface area contributed by atoms with Crippen LogP contribution in [0.2, 0.25) is 0 Å². The molecule has 2 aliphatic rings. The number of carbonyl (C=O) groups is 2. The fraction of sp³-hybridized carbons (Fsp3) is 0.533. The number of pyridine rings is 1. The molecular weight excluding hydrogens is 240 g/mol. The highest BCUT2D eigenvalue weighted by Crippen LogP contribution is 2.59. The van der Waals surface area contributed by atoms with E-state index in [0.29, 0.717) is 17.2 Å². The first kappa shape index (κ1) is 12.3. The van der Waals surface area contributed by atoms with Crippen LogP contribution in [0.25, 0.3) is 0 Å². The maximum absolute atomic E-state index is 12.5. The number of rotatable bonds is 4. The van der Waals surface area contributed by atoms with Gasteiger partial charge in [0, 0.05) is 12.4 Å². The molecule has 0 saturated heterocycles. The van der Waals surface area contributed by atoms with Gasteiger partial charge in [0.2, 0.25) is 5.91 Å². The molecular formula is C15H18N2O2. The number of hydrogen-bond acceptors (Lipinski definition) is 3. The van der Waals surface area contributed by atoms with E-state index in [1.807, 2.05) is 0 Å². The number of amides is 1. The summed E-state index contributed by atoms with van der Waals surface area (Å²) in [7, 11) is 0. The summed E-state index contributed by atoms with van der Waals surface area (Å²) >= 11 is 0. The van der Waals surface area contributed by atoms with Crippen LogP contribution in [0.1, 0.15) is 49.4 Å². The van der Waals surface area contributed by atoms with Gasteiger partial charge in [-0.05, 0) is 44.6 Å². The first-order valence-electron chi connectivity index (χ1n) is 6.90. The van der Waals surface area contributed by atoms with Crippen molar-refractivity contribution in [1.82, 2.24) is 4.98 Å². The van der Waals surface area contributed by atoms with E-state index in [9.17, 15) is 9.59 Å². The van der Waals surface area contributed by atoms with Crippen molar-refractivity contribution in [2.75, 3.05) is 5.32 Å². The third-order valence-electron chi connectivity index (χ3n) is 4.58. The van der Waals surface area contributed by atoms with Gasteiger partial charge in [-0.3, -0.25) is 14.6 Å². The standard InChI is InChI=1S/C15H18N2O2/c1-10(18)12-9-16-8-5-13(12)17-14(19)15(6-7-15)11-3-2-4-11/h5,8-9,11H,2-4,6-7H2,1H3,(H,16,17,19). The van der Waals surface area contributed by atoms with Crippen molar-refractivity contribution in [3.63, 3.8) is 0 Å². The molecule has 4 nitrogen and oxygen atoms in total. The minimum absolute atomic E-state index is 0.0723. The number of nitrogens with one attached hydrogen (secondary N) is 1. The predicted molar refractivity (Wildman–Crippen MR) is 71.9 cm³/mol. The first-order chi connectivity index (χ1) is 9.13. The van der Waals surface area contributed by atoms with Crippen molar-refractivity contribution in [3.8, 4) is 0 Å². The summed E-state index contributed by atoms with van der Waals surface area (Å²) in [4.78, 5) is 27.9. The molecule has 0 unspecified atom stereocenters. The Morgan fingerprint density at radius 2 is 2.11 bits per heavy atom. The van der Waals surface area contributed by atoms with E-state index in [1.54, 1.807) is 12.3 Å². The van der Waals surface area contributed by atoms with E-state index in [2.05, 4.69) is 10.3 Å². The first-order valence-corrected chi connectivity index (χ1v) is 6.90. The van der Waals surface area contributed by atoms with Crippen LogP contribution in [-0.2, 0) is 4.79 Å². The highest BCUT2D eigenvalue weighted by atomic mass is 16.2. The molecule has 3 rings (SSSR count). The summed E-state index contributed by atoms with van der Waals surface area (Å²) in [5.74, 6) is 0.568. The second-order valence-electron chi connectivity index (χ2n) is 5.72. The quantitative estimate of drug-likeness (QED) is 0.845. The lowest BCUT2D eigenvalue weighted by Crippen LogP contribution is -2.35. The molecule has 1 aromatic heterocycles. The van der Waals surface area contributed by atoms with Crippen molar-refractivity contribution >= 4 is 17.4 Å². The minimum atomic E-state index is -0.143. The van der Waals surface area contributed by atoms with Crippen molar-refractivity contribution in [3.05, 3.63) is 24.0 Å².